The number of halogens is 4. The van der Waals surface area contributed by atoms with Gasteiger partial charge in [-0.25, -0.2) is 9.18 Å². The summed E-state index contributed by atoms with van der Waals surface area (Å²) in [6.07, 6.45) is 2.02. The predicted molar refractivity (Wildman–Crippen MR) is 141 cm³/mol. The third kappa shape index (κ3) is 5.76. The average molecular weight is 543 g/mol. The van der Waals surface area contributed by atoms with Gasteiger partial charge in [0.1, 0.15) is 5.82 Å². The highest BCUT2D eigenvalue weighted by Crippen LogP contribution is 2.62. The molecule has 2 aliphatic carbocycles. The standard InChI is InChI=1S/C30H34F4N4O/c1-20-5-2-3-12-37(20)13-14-38(28(39)36-24-8-9-27(31)26(17-24)30(32,33)34)25-10-11-29(18-23(29)16-25)22-7-4-6-21(15-22)19-35/h4,6-9,15,17,20,23,25H,2-3,5,10-14,16,18H2,1H3,(H,36,39)/t20-,23?,25+,29-/m0/s1. The largest absolute Gasteiger partial charge is 0.419 e. The predicted octanol–water partition coefficient (Wildman–Crippen LogP) is 6.93. The smallest absolute Gasteiger partial charge is 0.320 e. The maximum Gasteiger partial charge on any atom is 0.419 e. The molecule has 1 heterocycles. The molecule has 0 radical (unpaired) electrons. The Morgan fingerprint density at radius 1 is 1.21 bits per heavy atom. The second-order valence-corrected chi connectivity index (χ2v) is 11.4. The van der Waals surface area contributed by atoms with Gasteiger partial charge >= 0.3 is 12.2 Å². The summed E-state index contributed by atoms with van der Waals surface area (Å²) >= 11 is 0. The molecule has 1 saturated heterocycles. The number of nitriles is 1. The van der Waals surface area contributed by atoms with Crippen LogP contribution in [0.2, 0.25) is 0 Å². The lowest BCUT2D eigenvalue weighted by molar-refractivity contribution is -0.139. The van der Waals surface area contributed by atoms with Gasteiger partial charge in [-0.05, 0) is 99.2 Å². The Bertz CT molecular complexity index is 1260. The molecule has 3 fully saturated rings. The van der Waals surface area contributed by atoms with Crippen LogP contribution in [0.25, 0.3) is 0 Å². The molecular weight excluding hydrogens is 508 g/mol. The number of amides is 2. The molecule has 1 aliphatic heterocycles. The van der Waals surface area contributed by atoms with E-state index in [0.717, 1.165) is 51.1 Å². The second kappa shape index (κ2) is 10.8. The van der Waals surface area contributed by atoms with Crippen molar-refractivity contribution >= 4 is 11.7 Å². The number of rotatable bonds is 6. The zero-order valence-corrected chi connectivity index (χ0v) is 22.1. The molecule has 2 saturated carbocycles. The van der Waals surface area contributed by atoms with E-state index in [0.29, 0.717) is 36.7 Å². The summed E-state index contributed by atoms with van der Waals surface area (Å²) in [5.74, 6) is -0.980. The fourth-order valence-electron chi connectivity index (χ4n) is 6.74. The number of likely N-dealkylation sites (tertiary alicyclic amines) is 1. The Morgan fingerprint density at radius 3 is 2.74 bits per heavy atom. The average Bonchev–Trinajstić information content (AvgIpc) is 3.65. The summed E-state index contributed by atoms with van der Waals surface area (Å²) in [6, 6.07) is 12.5. The number of benzene rings is 2. The van der Waals surface area contributed by atoms with E-state index in [1.165, 1.54) is 18.1 Å². The second-order valence-electron chi connectivity index (χ2n) is 11.4. The van der Waals surface area contributed by atoms with Gasteiger partial charge in [-0.3, -0.25) is 4.90 Å². The van der Waals surface area contributed by atoms with Gasteiger partial charge in [0.2, 0.25) is 0 Å². The van der Waals surface area contributed by atoms with Crippen molar-refractivity contribution in [1.82, 2.24) is 9.80 Å². The third-order valence-corrected chi connectivity index (χ3v) is 9.07. The topological polar surface area (TPSA) is 59.4 Å². The van der Waals surface area contributed by atoms with Crippen LogP contribution in [0.4, 0.5) is 28.0 Å². The van der Waals surface area contributed by atoms with Crippen LogP contribution in [-0.4, -0.2) is 47.5 Å². The van der Waals surface area contributed by atoms with Crippen LogP contribution in [0.3, 0.4) is 0 Å². The lowest BCUT2D eigenvalue weighted by atomic mass is 9.80. The fourth-order valence-corrected chi connectivity index (χ4v) is 6.74. The minimum Gasteiger partial charge on any atom is -0.320 e. The van der Waals surface area contributed by atoms with E-state index >= 15 is 0 Å². The SMILES string of the molecule is C[C@H]1CCCCN1CCN(C(=O)Nc1ccc(F)c(C(F)(F)F)c1)[C@@H]1CC[C@@]2(c3cccc(C#N)c3)CC2C1. The number of hydrogen-bond donors (Lipinski definition) is 1. The first-order chi connectivity index (χ1) is 18.6. The molecule has 3 aliphatic rings. The number of fused-ring (bicyclic) bond motifs is 1. The summed E-state index contributed by atoms with van der Waals surface area (Å²) in [6.45, 7) is 4.32. The molecule has 4 atom stereocenters. The van der Waals surface area contributed by atoms with Gasteiger partial charge in [-0.1, -0.05) is 18.6 Å². The Hall–Kier alpha value is -3.12. The summed E-state index contributed by atoms with van der Waals surface area (Å²) in [7, 11) is 0. The highest BCUT2D eigenvalue weighted by Gasteiger charge is 2.58. The van der Waals surface area contributed by atoms with Gasteiger partial charge in [0.25, 0.3) is 0 Å². The lowest BCUT2D eigenvalue weighted by Crippen LogP contribution is -2.50. The van der Waals surface area contributed by atoms with Crippen molar-refractivity contribution in [3.05, 3.63) is 65.0 Å². The number of hydrogen-bond acceptors (Lipinski definition) is 3. The molecule has 2 amide bonds. The van der Waals surface area contributed by atoms with Crippen molar-refractivity contribution in [2.45, 2.75) is 75.5 Å². The van der Waals surface area contributed by atoms with Crippen molar-refractivity contribution < 1.29 is 22.4 Å². The van der Waals surface area contributed by atoms with E-state index < -0.39 is 23.6 Å². The Balaban J connectivity index is 1.33. The third-order valence-electron chi connectivity index (χ3n) is 9.07. The van der Waals surface area contributed by atoms with Crippen molar-refractivity contribution in [3.8, 4) is 6.07 Å². The summed E-state index contributed by atoms with van der Waals surface area (Å²) < 4.78 is 53.6. The van der Waals surface area contributed by atoms with Crippen LogP contribution in [0.15, 0.2) is 42.5 Å². The molecular formula is C30H34F4N4O. The van der Waals surface area contributed by atoms with Gasteiger partial charge in [-0.15, -0.1) is 0 Å². The number of carbonyl (C=O) groups is 1. The normalized spacial score (nSPS) is 26.8. The number of nitrogens with zero attached hydrogens (tertiary/aromatic N) is 3. The monoisotopic (exact) mass is 542 g/mol. The summed E-state index contributed by atoms with van der Waals surface area (Å²) in [4.78, 5) is 17.7. The Kier molecular flexibility index (Phi) is 7.60. The number of alkyl halides is 3. The summed E-state index contributed by atoms with van der Waals surface area (Å²) in [5, 5.41) is 12.0. The quantitative estimate of drug-likeness (QED) is 0.403. The highest BCUT2D eigenvalue weighted by atomic mass is 19.4. The van der Waals surface area contributed by atoms with Gasteiger partial charge in [0.15, 0.2) is 0 Å². The van der Waals surface area contributed by atoms with E-state index in [9.17, 15) is 27.6 Å². The van der Waals surface area contributed by atoms with Gasteiger partial charge in [0, 0.05) is 30.9 Å². The number of nitrogens with one attached hydrogen (secondary N) is 1. The molecule has 1 N–H and O–H groups in total. The number of piperidine rings is 1. The van der Waals surface area contributed by atoms with Crippen LogP contribution >= 0.6 is 0 Å². The van der Waals surface area contributed by atoms with Crippen LogP contribution in [0.5, 0.6) is 0 Å². The Morgan fingerprint density at radius 2 is 2.03 bits per heavy atom. The first kappa shape index (κ1) is 27.4. The molecule has 0 bridgehead atoms. The molecule has 0 aromatic heterocycles. The maximum atomic E-state index is 13.8. The fraction of sp³-hybridized carbons (Fsp3) is 0.533. The van der Waals surface area contributed by atoms with Crippen molar-refractivity contribution in [2.24, 2.45) is 5.92 Å². The van der Waals surface area contributed by atoms with E-state index in [4.69, 9.17) is 0 Å². The highest BCUT2D eigenvalue weighted by molar-refractivity contribution is 5.89. The maximum absolute atomic E-state index is 13.8. The number of carbonyl (C=O) groups excluding carboxylic acids is 1. The van der Waals surface area contributed by atoms with Gasteiger partial charge < -0.3 is 10.2 Å². The number of anilines is 1. The molecule has 2 aromatic rings. The minimum atomic E-state index is -4.85. The molecule has 9 heteroatoms. The van der Waals surface area contributed by atoms with Crippen molar-refractivity contribution in [1.29, 1.82) is 5.26 Å². The zero-order chi connectivity index (χ0) is 27.8. The van der Waals surface area contributed by atoms with Crippen molar-refractivity contribution in [3.63, 3.8) is 0 Å². The summed E-state index contributed by atoms with van der Waals surface area (Å²) in [5.41, 5.74) is 0.382. The molecule has 0 spiro atoms. The molecule has 5 nitrogen and oxygen atoms in total. The van der Waals surface area contributed by atoms with Gasteiger partial charge in [-0.2, -0.15) is 18.4 Å². The van der Waals surface area contributed by atoms with Crippen LogP contribution in [0.1, 0.15) is 68.6 Å². The van der Waals surface area contributed by atoms with Gasteiger partial charge in [0.05, 0.1) is 17.2 Å². The van der Waals surface area contributed by atoms with Crippen LogP contribution in [0, 0.1) is 23.1 Å². The van der Waals surface area contributed by atoms with Crippen molar-refractivity contribution in [2.75, 3.05) is 25.0 Å². The molecule has 208 valence electrons. The van der Waals surface area contributed by atoms with E-state index in [-0.39, 0.29) is 17.1 Å². The number of urea groups is 1. The zero-order valence-electron chi connectivity index (χ0n) is 22.1. The van der Waals surface area contributed by atoms with Crippen LogP contribution < -0.4 is 5.32 Å². The first-order valence-corrected chi connectivity index (χ1v) is 13.8. The Labute approximate surface area is 226 Å². The van der Waals surface area contributed by atoms with E-state index in [2.05, 4.69) is 29.3 Å². The molecule has 5 rings (SSSR count). The first-order valence-electron chi connectivity index (χ1n) is 13.8. The van der Waals surface area contributed by atoms with E-state index in [1.54, 1.807) is 11.0 Å². The van der Waals surface area contributed by atoms with Crippen LogP contribution in [-0.2, 0) is 11.6 Å². The molecule has 2 aromatic carbocycles. The van der Waals surface area contributed by atoms with E-state index in [1.807, 2.05) is 12.1 Å². The lowest BCUT2D eigenvalue weighted by Gasteiger charge is -2.39. The molecule has 39 heavy (non-hydrogen) atoms. The minimum absolute atomic E-state index is 0.0332. The molecule has 1 unspecified atom stereocenters.